The second-order valence-corrected chi connectivity index (χ2v) is 4.69. The van der Waals surface area contributed by atoms with Crippen LogP contribution in [0.15, 0.2) is 12.1 Å². The first-order chi connectivity index (χ1) is 9.15. The van der Waals surface area contributed by atoms with E-state index in [0.29, 0.717) is 30.0 Å². The molecule has 2 rings (SSSR count). The molecule has 0 aliphatic heterocycles. The quantitative estimate of drug-likeness (QED) is 0.646. The number of aromatic amines is 1. The molecule has 0 bridgehead atoms. The van der Waals surface area contributed by atoms with Gasteiger partial charge in [-0.3, -0.25) is 0 Å². The number of imidazole rings is 1. The Labute approximate surface area is 115 Å². The molecule has 0 aliphatic carbocycles. The van der Waals surface area contributed by atoms with Gasteiger partial charge in [0.05, 0.1) is 12.1 Å². The molecule has 19 heavy (non-hydrogen) atoms. The lowest BCUT2D eigenvalue weighted by Gasteiger charge is -2.06. The minimum atomic E-state index is -0.876. The van der Waals surface area contributed by atoms with Gasteiger partial charge in [-0.2, -0.15) is 0 Å². The Bertz CT molecular complexity index is 621. The van der Waals surface area contributed by atoms with Crippen molar-refractivity contribution in [1.29, 1.82) is 0 Å². The van der Waals surface area contributed by atoms with E-state index in [1.165, 1.54) is 10.6 Å². The summed E-state index contributed by atoms with van der Waals surface area (Å²) in [4.78, 5) is 2.86. The fraction of sp³-hybridized carbons (Fsp3) is 0.462. The minimum Gasteiger partial charge on any atom is -0.380 e. The number of rotatable bonds is 6. The van der Waals surface area contributed by atoms with Crippen LogP contribution < -0.4 is 0 Å². The highest BCUT2D eigenvalue weighted by Gasteiger charge is 2.13. The van der Waals surface area contributed by atoms with Crippen LogP contribution in [-0.2, 0) is 11.3 Å². The highest BCUT2D eigenvalue weighted by atomic mass is 32.1. The van der Waals surface area contributed by atoms with Gasteiger partial charge in [-0.05, 0) is 30.8 Å². The molecule has 6 heteroatoms. The Balaban J connectivity index is 2.20. The summed E-state index contributed by atoms with van der Waals surface area (Å²) >= 11 is 5.12. The molecule has 3 nitrogen and oxygen atoms in total. The van der Waals surface area contributed by atoms with Crippen LogP contribution >= 0.6 is 12.2 Å². The number of nitrogens with one attached hydrogen (secondary N) is 1. The average Bonchev–Trinajstić information content (AvgIpc) is 2.71. The molecule has 1 aromatic heterocycles. The second-order valence-electron chi connectivity index (χ2n) is 4.31. The number of nitrogens with zero attached hydrogens (tertiary/aromatic N) is 1. The highest BCUT2D eigenvalue weighted by molar-refractivity contribution is 7.71. The number of hydrogen-bond acceptors (Lipinski definition) is 2. The van der Waals surface area contributed by atoms with Crippen LogP contribution in [0.2, 0.25) is 0 Å². The van der Waals surface area contributed by atoms with Crippen molar-refractivity contribution in [3.63, 3.8) is 0 Å². The Morgan fingerprint density at radius 1 is 1.32 bits per heavy atom. The van der Waals surface area contributed by atoms with E-state index in [4.69, 9.17) is 17.0 Å². The first-order valence-electron chi connectivity index (χ1n) is 6.29. The van der Waals surface area contributed by atoms with Crippen LogP contribution in [0, 0.1) is 16.4 Å². The Morgan fingerprint density at radius 2 is 2.11 bits per heavy atom. The summed E-state index contributed by atoms with van der Waals surface area (Å²) in [6, 6.07) is 2.57. The van der Waals surface area contributed by atoms with Gasteiger partial charge in [-0.15, -0.1) is 0 Å². The molecule has 2 aromatic rings. The molecule has 1 heterocycles. The third-order valence-electron chi connectivity index (χ3n) is 2.93. The Hall–Kier alpha value is -1.27. The van der Waals surface area contributed by atoms with Crippen LogP contribution in [-0.4, -0.2) is 22.8 Å². The van der Waals surface area contributed by atoms with E-state index in [1.54, 1.807) is 0 Å². The van der Waals surface area contributed by atoms with Gasteiger partial charge in [-0.25, -0.2) is 8.78 Å². The minimum absolute atomic E-state index is 0.170. The van der Waals surface area contributed by atoms with Gasteiger partial charge >= 0.3 is 0 Å². The fourth-order valence-electron chi connectivity index (χ4n) is 1.91. The molecule has 1 aromatic carbocycles. The summed E-state index contributed by atoms with van der Waals surface area (Å²) in [7, 11) is 0. The standard InChI is InChI=1S/C13H16F2N2OS/c1-2-3-7-18-8-6-17-12-10(16-13(17)19)5-4-9(14)11(12)15/h4-5H,2-3,6-8H2,1H3,(H,16,19). The maximum Gasteiger partial charge on any atom is 0.184 e. The molecule has 0 amide bonds. The summed E-state index contributed by atoms with van der Waals surface area (Å²) in [5, 5.41) is 0. The molecule has 0 aliphatic rings. The first-order valence-corrected chi connectivity index (χ1v) is 6.70. The van der Waals surface area contributed by atoms with Crippen LogP contribution in [0.4, 0.5) is 8.78 Å². The van der Waals surface area contributed by atoms with Crippen LogP contribution in [0.5, 0.6) is 0 Å². The van der Waals surface area contributed by atoms with Crippen molar-refractivity contribution in [2.24, 2.45) is 0 Å². The first kappa shape index (κ1) is 14.1. The normalized spacial score (nSPS) is 11.3. The van der Waals surface area contributed by atoms with Gasteiger partial charge in [0.25, 0.3) is 0 Å². The number of benzene rings is 1. The zero-order valence-corrected chi connectivity index (χ0v) is 11.5. The molecule has 0 unspecified atom stereocenters. The maximum absolute atomic E-state index is 13.8. The topological polar surface area (TPSA) is 29.9 Å². The third kappa shape index (κ3) is 3.01. The van der Waals surface area contributed by atoms with Crippen molar-refractivity contribution in [3.8, 4) is 0 Å². The van der Waals surface area contributed by atoms with Crippen molar-refractivity contribution in [2.45, 2.75) is 26.3 Å². The molecule has 1 N–H and O–H groups in total. The second kappa shape index (κ2) is 6.25. The number of halogens is 2. The van der Waals surface area contributed by atoms with Gasteiger partial charge in [0.2, 0.25) is 0 Å². The van der Waals surface area contributed by atoms with Crippen LogP contribution in [0.3, 0.4) is 0 Å². The summed E-state index contributed by atoms with van der Waals surface area (Å²) in [5.74, 6) is -1.75. The third-order valence-corrected chi connectivity index (χ3v) is 3.25. The van der Waals surface area contributed by atoms with E-state index in [2.05, 4.69) is 11.9 Å². The van der Waals surface area contributed by atoms with Crippen molar-refractivity contribution in [1.82, 2.24) is 9.55 Å². The van der Waals surface area contributed by atoms with Gasteiger partial charge in [0.1, 0.15) is 5.52 Å². The molecule has 104 valence electrons. The summed E-state index contributed by atoms with van der Waals surface area (Å²) in [5.41, 5.74) is 0.668. The SMILES string of the molecule is CCCCOCCn1c(=S)[nH]c2ccc(F)c(F)c21. The molecule has 0 saturated carbocycles. The van der Waals surface area contributed by atoms with Gasteiger partial charge < -0.3 is 14.3 Å². The molecule has 0 spiro atoms. The van der Waals surface area contributed by atoms with E-state index < -0.39 is 11.6 Å². The van der Waals surface area contributed by atoms with Crippen molar-refractivity contribution < 1.29 is 13.5 Å². The molecular formula is C13H16F2N2OS. The molecular weight excluding hydrogens is 270 g/mol. The Kier molecular flexibility index (Phi) is 4.66. The van der Waals surface area contributed by atoms with Crippen LogP contribution in [0.1, 0.15) is 19.8 Å². The van der Waals surface area contributed by atoms with E-state index in [1.807, 2.05) is 0 Å². The van der Waals surface area contributed by atoms with E-state index in [0.717, 1.165) is 18.9 Å². The molecule has 0 radical (unpaired) electrons. The largest absolute Gasteiger partial charge is 0.380 e. The average molecular weight is 286 g/mol. The lowest BCUT2D eigenvalue weighted by Crippen LogP contribution is -2.08. The van der Waals surface area contributed by atoms with Crippen molar-refractivity contribution in [2.75, 3.05) is 13.2 Å². The lowest BCUT2D eigenvalue weighted by molar-refractivity contribution is 0.124. The van der Waals surface area contributed by atoms with Crippen molar-refractivity contribution in [3.05, 3.63) is 28.5 Å². The highest BCUT2D eigenvalue weighted by Crippen LogP contribution is 2.20. The summed E-state index contributed by atoms with van der Waals surface area (Å²) < 4.78 is 34.4. The van der Waals surface area contributed by atoms with Crippen molar-refractivity contribution >= 4 is 23.3 Å². The van der Waals surface area contributed by atoms with Gasteiger partial charge in [0, 0.05) is 13.2 Å². The van der Waals surface area contributed by atoms with Crippen LogP contribution in [0.25, 0.3) is 11.0 Å². The van der Waals surface area contributed by atoms with E-state index in [9.17, 15) is 8.78 Å². The van der Waals surface area contributed by atoms with E-state index in [-0.39, 0.29) is 5.52 Å². The fourth-order valence-corrected chi connectivity index (χ4v) is 2.20. The van der Waals surface area contributed by atoms with E-state index >= 15 is 0 Å². The number of aromatic nitrogens is 2. The predicted molar refractivity (Wildman–Crippen MR) is 72.8 cm³/mol. The predicted octanol–water partition coefficient (Wildman–Crippen LogP) is 3.79. The number of hydrogen-bond donors (Lipinski definition) is 1. The monoisotopic (exact) mass is 286 g/mol. The maximum atomic E-state index is 13.8. The number of ether oxygens (including phenoxy) is 1. The summed E-state index contributed by atoms with van der Waals surface area (Å²) in [6.07, 6.45) is 2.05. The number of fused-ring (bicyclic) bond motifs is 1. The Morgan fingerprint density at radius 3 is 2.84 bits per heavy atom. The van der Waals surface area contributed by atoms with Gasteiger partial charge in [0.15, 0.2) is 16.4 Å². The smallest absolute Gasteiger partial charge is 0.184 e. The van der Waals surface area contributed by atoms with Gasteiger partial charge in [-0.1, -0.05) is 13.3 Å². The molecule has 0 saturated heterocycles. The lowest BCUT2D eigenvalue weighted by atomic mass is 10.3. The summed E-state index contributed by atoms with van der Waals surface area (Å²) in [6.45, 7) is 3.58. The molecule has 0 atom stereocenters. The zero-order chi connectivity index (χ0) is 13.8. The number of H-pyrrole nitrogens is 1. The number of unbranched alkanes of at least 4 members (excludes halogenated alkanes) is 1. The zero-order valence-electron chi connectivity index (χ0n) is 10.7. The molecule has 0 fully saturated rings.